The topological polar surface area (TPSA) is 66.6 Å². The molecule has 2 rings (SSSR count). The lowest BCUT2D eigenvalue weighted by Crippen LogP contribution is -2.39. The third-order valence-electron chi connectivity index (χ3n) is 4.03. The summed E-state index contributed by atoms with van der Waals surface area (Å²) < 4.78 is 37.8. The second-order valence-electron chi connectivity index (χ2n) is 6.30. The lowest BCUT2D eigenvalue weighted by molar-refractivity contribution is -0.384. The zero-order chi connectivity index (χ0) is 17.4. The second-order valence-corrected chi connectivity index (χ2v) is 6.30. The summed E-state index contributed by atoms with van der Waals surface area (Å²) in [5.41, 5.74) is -0.635. The summed E-state index contributed by atoms with van der Waals surface area (Å²) >= 11 is 0. The molecule has 0 saturated carbocycles. The van der Waals surface area contributed by atoms with Crippen molar-refractivity contribution in [3.63, 3.8) is 0 Å². The van der Waals surface area contributed by atoms with Crippen molar-refractivity contribution in [1.82, 2.24) is 0 Å². The first-order valence-corrected chi connectivity index (χ1v) is 7.37. The Labute approximate surface area is 131 Å². The van der Waals surface area contributed by atoms with E-state index in [-0.39, 0.29) is 0 Å². The Morgan fingerprint density at radius 1 is 1.30 bits per heavy atom. The zero-order valence-corrected chi connectivity index (χ0v) is 12.9. The van der Waals surface area contributed by atoms with Gasteiger partial charge in [-0.05, 0) is 29.9 Å². The standard InChI is InChI=1S/C15H19F3N2O3/c1-9-5-10(2)8-19(7-9)12-4-3-11(6-13(12)20(22)23)14(21)15(16,17)18/h3-4,6,9-10,14,21H,5,7-8H2,1-2H3. The SMILES string of the molecule is CC1CC(C)CN(c2ccc(C(O)C(F)(F)F)cc2[N+](=O)[O-])C1. The Morgan fingerprint density at radius 2 is 1.87 bits per heavy atom. The van der Waals surface area contributed by atoms with Crippen LogP contribution in [0, 0.1) is 22.0 Å². The van der Waals surface area contributed by atoms with E-state index in [1.165, 1.54) is 6.07 Å². The van der Waals surface area contributed by atoms with Crippen LogP contribution in [0.15, 0.2) is 18.2 Å². The van der Waals surface area contributed by atoms with Gasteiger partial charge in [-0.2, -0.15) is 13.2 Å². The Hall–Kier alpha value is -1.83. The summed E-state index contributed by atoms with van der Waals surface area (Å²) in [5, 5.41) is 20.6. The number of alkyl halides is 3. The van der Waals surface area contributed by atoms with Gasteiger partial charge in [0.25, 0.3) is 5.69 Å². The molecule has 0 aliphatic carbocycles. The van der Waals surface area contributed by atoms with E-state index >= 15 is 0 Å². The number of halogens is 3. The molecule has 5 nitrogen and oxygen atoms in total. The molecule has 8 heteroatoms. The van der Waals surface area contributed by atoms with Crippen LogP contribution in [0.2, 0.25) is 0 Å². The largest absolute Gasteiger partial charge is 0.418 e. The average Bonchev–Trinajstić information content (AvgIpc) is 2.43. The molecule has 1 fully saturated rings. The van der Waals surface area contributed by atoms with Crippen molar-refractivity contribution < 1.29 is 23.2 Å². The Bertz CT molecular complexity index is 582. The predicted octanol–water partition coefficient (Wildman–Crippen LogP) is 3.67. The normalized spacial score (nSPS) is 23.7. The molecule has 128 valence electrons. The number of benzene rings is 1. The van der Waals surface area contributed by atoms with Gasteiger partial charge in [-0.1, -0.05) is 19.9 Å². The van der Waals surface area contributed by atoms with E-state index in [2.05, 4.69) is 0 Å². The first-order valence-electron chi connectivity index (χ1n) is 7.37. The highest BCUT2D eigenvalue weighted by molar-refractivity contribution is 5.65. The molecule has 3 atom stereocenters. The van der Waals surface area contributed by atoms with Crippen LogP contribution in [0.4, 0.5) is 24.5 Å². The van der Waals surface area contributed by atoms with E-state index in [0.717, 1.165) is 18.6 Å². The molecule has 1 aromatic rings. The van der Waals surface area contributed by atoms with Gasteiger partial charge in [0.05, 0.1) is 4.92 Å². The molecule has 1 heterocycles. The minimum atomic E-state index is -4.86. The fourth-order valence-electron chi connectivity index (χ4n) is 3.17. The molecule has 1 aliphatic heterocycles. The van der Waals surface area contributed by atoms with Crippen molar-refractivity contribution in [1.29, 1.82) is 0 Å². The number of aliphatic hydroxyl groups excluding tert-OH is 1. The monoisotopic (exact) mass is 332 g/mol. The summed E-state index contributed by atoms with van der Waals surface area (Å²) in [6.45, 7) is 5.31. The zero-order valence-electron chi connectivity index (χ0n) is 12.9. The molecule has 0 radical (unpaired) electrons. The highest BCUT2D eigenvalue weighted by Crippen LogP contribution is 2.38. The van der Waals surface area contributed by atoms with Crippen LogP contribution in [0.1, 0.15) is 31.9 Å². The summed E-state index contributed by atoms with van der Waals surface area (Å²) in [6, 6.07) is 3.22. The first-order chi connectivity index (χ1) is 10.6. The molecule has 1 aliphatic rings. The van der Waals surface area contributed by atoms with Gasteiger partial charge < -0.3 is 10.0 Å². The van der Waals surface area contributed by atoms with Gasteiger partial charge >= 0.3 is 6.18 Å². The fraction of sp³-hybridized carbons (Fsp3) is 0.600. The van der Waals surface area contributed by atoms with Gasteiger partial charge in [0.2, 0.25) is 0 Å². The minimum Gasteiger partial charge on any atom is -0.379 e. The van der Waals surface area contributed by atoms with Crippen LogP contribution in [-0.2, 0) is 0 Å². The van der Waals surface area contributed by atoms with E-state index < -0.39 is 28.5 Å². The van der Waals surface area contributed by atoms with Crippen molar-refractivity contribution in [3.05, 3.63) is 33.9 Å². The van der Waals surface area contributed by atoms with Gasteiger partial charge in [0.15, 0.2) is 6.10 Å². The Morgan fingerprint density at radius 3 is 2.35 bits per heavy atom. The fourth-order valence-corrected chi connectivity index (χ4v) is 3.17. The van der Waals surface area contributed by atoms with Crippen molar-refractivity contribution in [2.45, 2.75) is 32.5 Å². The van der Waals surface area contributed by atoms with Crippen LogP contribution in [0.5, 0.6) is 0 Å². The number of aliphatic hydroxyl groups is 1. The lowest BCUT2D eigenvalue weighted by atomic mass is 9.91. The first kappa shape index (κ1) is 17.5. The number of nitro groups is 1. The molecule has 1 aromatic carbocycles. The van der Waals surface area contributed by atoms with Crippen LogP contribution >= 0.6 is 0 Å². The maximum absolute atomic E-state index is 12.6. The second kappa shape index (κ2) is 6.35. The number of piperidine rings is 1. The molecular weight excluding hydrogens is 313 g/mol. The van der Waals surface area contributed by atoms with Gasteiger partial charge in [-0.25, -0.2) is 0 Å². The predicted molar refractivity (Wildman–Crippen MR) is 79.3 cm³/mol. The number of rotatable bonds is 3. The van der Waals surface area contributed by atoms with E-state index in [1.54, 1.807) is 0 Å². The molecule has 0 spiro atoms. The highest BCUT2D eigenvalue weighted by atomic mass is 19.4. The quantitative estimate of drug-likeness (QED) is 0.677. The third-order valence-corrected chi connectivity index (χ3v) is 4.03. The maximum Gasteiger partial charge on any atom is 0.418 e. The van der Waals surface area contributed by atoms with Crippen molar-refractivity contribution in [2.75, 3.05) is 18.0 Å². The molecule has 1 N–H and O–H groups in total. The third kappa shape index (κ3) is 3.93. The van der Waals surface area contributed by atoms with E-state index in [0.29, 0.717) is 30.6 Å². The van der Waals surface area contributed by atoms with Gasteiger partial charge in [-0.15, -0.1) is 0 Å². The highest BCUT2D eigenvalue weighted by Gasteiger charge is 2.40. The smallest absolute Gasteiger partial charge is 0.379 e. The van der Waals surface area contributed by atoms with Gasteiger partial charge in [0.1, 0.15) is 5.69 Å². The van der Waals surface area contributed by atoms with Crippen LogP contribution < -0.4 is 4.90 Å². The summed E-state index contributed by atoms with van der Waals surface area (Å²) in [7, 11) is 0. The average molecular weight is 332 g/mol. The number of nitro benzene ring substituents is 1. The van der Waals surface area contributed by atoms with E-state index in [4.69, 9.17) is 0 Å². The molecule has 0 bridgehead atoms. The Kier molecular flexibility index (Phi) is 4.84. The summed E-state index contributed by atoms with van der Waals surface area (Å²) in [5.74, 6) is 0.692. The van der Waals surface area contributed by atoms with Crippen molar-refractivity contribution in [2.24, 2.45) is 11.8 Å². The summed E-state index contributed by atoms with van der Waals surface area (Å²) in [6.07, 6.45) is -6.58. The molecular formula is C15H19F3N2O3. The molecule has 3 unspecified atom stereocenters. The molecule has 0 aromatic heterocycles. The van der Waals surface area contributed by atoms with Gasteiger partial charge in [0, 0.05) is 19.2 Å². The number of hydrogen-bond donors (Lipinski definition) is 1. The van der Waals surface area contributed by atoms with Crippen molar-refractivity contribution >= 4 is 11.4 Å². The molecule has 1 saturated heterocycles. The number of hydrogen-bond acceptors (Lipinski definition) is 4. The van der Waals surface area contributed by atoms with Gasteiger partial charge in [-0.3, -0.25) is 10.1 Å². The number of anilines is 1. The van der Waals surface area contributed by atoms with E-state index in [9.17, 15) is 28.4 Å². The van der Waals surface area contributed by atoms with E-state index in [1.807, 2.05) is 18.7 Å². The lowest BCUT2D eigenvalue weighted by Gasteiger charge is -2.36. The molecule has 0 amide bonds. The number of nitrogens with zero attached hydrogens (tertiary/aromatic N) is 2. The Balaban J connectivity index is 2.39. The molecule has 23 heavy (non-hydrogen) atoms. The maximum atomic E-state index is 12.6. The van der Waals surface area contributed by atoms with Crippen LogP contribution in [-0.4, -0.2) is 29.3 Å². The van der Waals surface area contributed by atoms with Crippen LogP contribution in [0.3, 0.4) is 0 Å². The van der Waals surface area contributed by atoms with Crippen LogP contribution in [0.25, 0.3) is 0 Å². The van der Waals surface area contributed by atoms with Crippen molar-refractivity contribution in [3.8, 4) is 0 Å². The summed E-state index contributed by atoms with van der Waals surface area (Å²) in [4.78, 5) is 12.4. The minimum absolute atomic E-state index is 0.298.